The number of nitrogens with zero attached hydrogens (tertiary/aromatic N) is 4. The van der Waals surface area contributed by atoms with E-state index in [1.54, 1.807) is 30.9 Å². The molecule has 0 unspecified atom stereocenters. The molecule has 15 heavy (non-hydrogen) atoms. The summed E-state index contributed by atoms with van der Waals surface area (Å²) < 4.78 is 0. The smallest absolute Gasteiger partial charge is 0.166 e. The van der Waals surface area contributed by atoms with E-state index in [2.05, 4.69) is 15.0 Å². The monoisotopic (exact) mass is 202 g/mol. The molecular weight excluding hydrogens is 192 g/mol. The Kier molecular flexibility index (Phi) is 2.42. The van der Waals surface area contributed by atoms with Crippen molar-refractivity contribution in [2.45, 2.75) is 0 Å². The Bertz CT molecular complexity index is 443. The minimum absolute atomic E-state index is 0.491. The quantitative estimate of drug-likeness (QED) is 0.543. The summed E-state index contributed by atoms with van der Waals surface area (Å²) in [5.74, 6) is 6.36. The lowest BCUT2D eigenvalue weighted by Gasteiger charge is -2.17. The van der Waals surface area contributed by atoms with Gasteiger partial charge in [0.2, 0.25) is 0 Å². The van der Waals surface area contributed by atoms with E-state index in [1.807, 2.05) is 0 Å². The van der Waals surface area contributed by atoms with Crippen molar-refractivity contribution in [1.82, 2.24) is 15.0 Å². The molecule has 6 nitrogen and oxygen atoms in total. The molecule has 2 aromatic heterocycles. The number of anilines is 3. The zero-order chi connectivity index (χ0) is 10.7. The molecule has 0 saturated carbocycles. The molecule has 0 aliphatic rings. The van der Waals surface area contributed by atoms with Crippen LogP contribution >= 0.6 is 0 Å². The molecule has 0 saturated heterocycles. The van der Waals surface area contributed by atoms with E-state index in [1.165, 1.54) is 11.2 Å². The number of hydrogen-bond donors (Lipinski definition) is 2. The summed E-state index contributed by atoms with van der Waals surface area (Å²) in [5, 5.41) is 1.37. The average Bonchev–Trinajstić information content (AvgIpc) is 2.30. The number of aromatic nitrogens is 3. The summed E-state index contributed by atoms with van der Waals surface area (Å²) in [7, 11) is 0. The summed E-state index contributed by atoms with van der Waals surface area (Å²) in [6.07, 6.45) is 7.84. The SMILES string of the molecule is Nc1cnccc1N(N)c1cnccn1. The van der Waals surface area contributed by atoms with E-state index in [0.717, 1.165) is 0 Å². The highest BCUT2D eigenvalue weighted by molar-refractivity contribution is 5.70. The molecule has 2 rings (SSSR count). The van der Waals surface area contributed by atoms with Crippen LogP contribution < -0.4 is 16.6 Å². The van der Waals surface area contributed by atoms with Crippen LogP contribution in [-0.4, -0.2) is 15.0 Å². The third-order valence-electron chi connectivity index (χ3n) is 1.88. The molecule has 0 spiro atoms. The van der Waals surface area contributed by atoms with Crippen LogP contribution in [0.1, 0.15) is 0 Å². The van der Waals surface area contributed by atoms with Crippen molar-refractivity contribution in [3.63, 3.8) is 0 Å². The Balaban J connectivity index is 2.37. The van der Waals surface area contributed by atoms with Crippen molar-refractivity contribution in [3.05, 3.63) is 37.1 Å². The molecule has 2 heterocycles. The van der Waals surface area contributed by atoms with E-state index in [9.17, 15) is 0 Å². The van der Waals surface area contributed by atoms with E-state index >= 15 is 0 Å². The van der Waals surface area contributed by atoms with Gasteiger partial charge in [0.1, 0.15) is 0 Å². The topological polar surface area (TPSA) is 94.0 Å². The number of hydrazine groups is 1. The van der Waals surface area contributed by atoms with Crippen LogP contribution in [0.3, 0.4) is 0 Å². The van der Waals surface area contributed by atoms with Crippen molar-refractivity contribution >= 4 is 17.2 Å². The van der Waals surface area contributed by atoms with Gasteiger partial charge in [-0.2, -0.15) is 0 Å². The Morgan fingerprint density at radius 3 is 2.53 bits per heavy atom. The molecule has 0 aliphatic carbocycles. The van der Waals surface area contributed by atoms with Crippen LogP contribution in [0.4, 0.5) is 17.2 Å². The van der Waals surface area contributed by atoms with Crippen molar-refractivity contribution in [2.24, 2.45) is 5.84 Å². The molecule has 76 valence electrons. The average molecular weight is 202 g/mol. The molecule has 0 atom stereocenters. The molecule has 0 aliphatic heterocycles. The highest BCUT2D eigenvalue weighted by Crippen LogP contribution is 2.23. The number of nitrogens with two attached hydrogens (primary N) is 2. The summed E-state index contributed by atoms with van der Waals surface area (Å²) in [5.41, 5.74) is 6.86. The van der Waals surface area contributed by atoms with Gasteiger partial charge in [0.15, 0.2) is 5.82 Å². The fourth-order valence-corrected chi connectivity index (χ4v) is 1.16. The molecule has 0 bridgehead atoms. The van der Waals surface area contributed by atoms with Crippen LogP contribution in [0.2, 0.25) is 0 Å². The van der Waals surface area contributed by atoms with Crippen molar-refractivity contribution in [2.75, 3.05) is 10.7 Å². The first-order valence-corrected chi connectivity index (χ1v) is 4.29. The third kappa shape index (κ3) is 1.84. The van der Waals surface area contributed by atoms with Crippen LogP contribution in [-0.2, 0) is 0 Å². The zero-order valence-electron chi connectivity index (χ0n) is 7.91. The van der Waals surface area contributed by atoms with E-state index in [-0.39, 0.29) is 0 Å². The predicted octanol–water partition coefficient (Wildman–Crippen LogP) is 0.466. The largest absolute Gasteiger partial charge is 0.396 e. The lowest BCUT2D eigenvalue weighted by atomic mass is 10.3. The fraction of sp³-hybridized carbons (Fsp3) is 0. The maximum absolute atomic E-state index is 5.84. The molecule has 0 fully saturated rings. The second kappa shape index (κ2) is 3.89. The molecule has 0 radical (unpaired) electrons. The van der Waals surface area contributed by atoms with Gasteiger partial charge in [0.05, 0.1) is 23.8 Å². The van der Waals surface area contributed by atoms with Crippen LogP contribution in [0, 0.1) is 0 Å². The van der Waals surface area contributed by atoms with Crippen molar-refractivity contribution in [1.29, 1.82) is 0 Å². The molecule has 0 aromatic carbocycles. The van der Waals surface area contributed by atoms with Gasteiger partial charge in [-0.25, -0.2) is 10.8 Å². The van der Waals surface area contributed by atoms with Gasteiger partial charge in [-0.15, -0.1) is 0 Å². The summed E-state index contributed by atoms with van der Waals surface area (Å²) >= 11 is 0. The zero-order valence-corrected chi connectivity index (χ0v) is 7.91. The number of hydrogen-bond acceptors (Lipinski definition) is 6. The lowest BCUT2D eigenvalue weighted by molar-refractivity contribution is 1.01. The highest BCUT2D eigenvalue weighted by Gasteiger charge is 2.08. The lowest BCUT2D eigenvalue weighted by Crippen LogP contribution is -2.26. The maximum atomic E-state index is 5.84. The Labute approximate surface area is 86.6 Å². The van der Waals surface area contributed by atoms with Gasteiger partial charge in [0, 0.05) is 18.6 Å². The summed E-state index contributed by atoms with van der Waals surface area (Å²) in [4.78, 5) is 11.9. The summed E-state index contributed by atoms with van der Waals surface area (Å²) in [6.45, 7) is 0. The van der Waals surface area contributed by atoms with Gasteiger partial charge in [-0.1, -0.05) is 0 Å². The van der Waals surface area contributed by atoms with E-state index in [4.69, 9.17) is 11.6 Å². The minimum Gasteiger partial charge on any atom is -0.396 e. The normalized spacial score (nSPS) is 9.93. The van der Waals surface area contributed by atoms with Crippen LogP contribution in [0.5, 0.6) is 0 Å². The fourth-order valence-electron chi connectivity index (χ4n) is 1.16. The molecule has 0 amide bonds. The number of rotatable bonds is 2. The summed E-state index contributed by atoms with van der Waals surface area (Å²) in [6, 6.07) is 1.71. The number of nitrogen functional groups attached to an aromatic ring is 1. The van der Waals surface area contributed by atoms with Crippen LogP contribution in [0.15, 0.2) is 37.1 Å². The van der Waals surface area contributed by atoms with Gasteiger partial charge >= 0.3 is 0 Å². The van der Waals surface area contributed by atoms with Gasteiger partial charge in [-0.3, -0.25) is 15.0 Å². The second-order valence-electron chi connectivity index (χ2n) is 2.87. The Morgan fingerprint density at radius 2 is 1.87 bits per heavy atom. The van der Waals surface area contributed by atoms with Crippen molar-refractivity contribution in [3.8, 4) is 0 Å². The first-order valence-electron chi connectivity index (χ1n) is 4.29. The van der Waals surface area contributed by atoms with Crippen molar-refractivity contribution < 1.29 is 0 Å². The third-order valence-corrected chi connectivity index (χ3v) is 1.88. The second-order valence-corrected chi connectivity index (χ2v) is 2.87. The first kappa shape index (κ1) is 9.35. The van der Waals surface area contributed by atoms with Gasteiger partial charge < -0.3 is 5.73 Å². The van der Waals surface area contributed by atoms with Gasteiger partial charge in [0.25, 0.3) is 0 Å². The Hall–Kier alpha value is -2.21. The number of pyridine rings is 1. The first-order chi connectivity index (χ1) is 7.29. The highest BCUT2D eigenvalue weighted by atomic mass is 15.4. The van der Waals surface area contributed by atoms with E-state index < -0.39 is 0 Å². The van der Waals surface area contributed by atoms with Gasteiger partial charge in [-0.05, 0) is 6.07 Å². The molecular formula is C9H10N6. The Morgan fingerprint density at radius 1 is 1.07 bits per heavy atom. The standard InChI is InChI=1S/C9H10N6/c10-7-5-12-2-1-8(7)15(11)9-6-13-3-4-14-9/h1-6H,10-11H2. The van der Waals surface area contributed by atoms with Crippen LogP contribution in [0.25, 0.3) is 0 Å². The molecule has 4 N–H and O–H groups in total. The minimum atomic E-state index is 0.491. The molecule has 2 aromatic rings. The van der Waals surface area contributed by atoms with E-state index in [0.29, 0.717) is 17.2 Å². The maximum Gasteiger partial charge on any atom is 0.166 e. The molecule has 6 heteroatoms. The predicted molar refractivity (Wildman–Crippen MR) is 57.0 cm³/mol.